The first kappa shape index (κ1) is 14.9. The molecule has 0 bridgehead atoms. The molecule has 0 saturated carbocycles. The van der Waals surface area contributed by atoms with E-state index in [4.69, 9.17) is 12.2 Å². The molecule has 0 heterocycles. The minimum Gasteiger partial charge on any atom is -0.363 e. The molecule has 1 rings (SSSR count). The summed E-state index contributed by atoms with van der Waals surface area (Å²) in [5.74, 6) is 0. The Hall–Kier alpha value is -1.13. The van der Waals surface area contributed by atoms with Gasteiger partial charge in [0.05, 0.1) is 6.04 Å². The van der Waals surface area contributed by atoms with Crippen molar-refractivity contribution in [3.63, 3.8) is 0 Å². The van der Waals surface area contributed by atoms with E-state index < -0.39 is 0 Å². The van der Waals surface area contributed by atoms with Crippen LogP contribution in [-0.2, 0) is 0 Å². The van der Waals surface area contributed by atoms with Gasteiger partial charge >= 0.3 is 0 Å². The summed E-state index contributed by atoms with van der Waals surface area (Å²) in [6.07, 6.45) is 1.09. The normalized spacial score (nSPS) is 12.2. The highest BCUT2D eigenvalue weighted by molar-refractivity contribution is 7.80. The van der Waals surface area contributed by atoms with Crippen LogP contribution >= 0.6 is 12.2 Å². The van der Waals surface area contributed by atoms with Crippen molar-refractivity contribution in [2.24, 2.45) is 0 Å². The van der Waals surface area contributed by atoms with Crippen LogP contribution in [-0.4, -0.2) is 37.2 Å². The SMILES string of the molecule is CC(NC(=S)NCCCN(C)C)c1ccccc1. The van der Waals surface area contributed by atoms with E-state index in [2.05, 4.69) is 48.7 Å². The van der Waals surface area contributed by atoms with E-state index in [1.165, 1.54) is 5.56 Å². The number of nitrogens with one attached hydrogen (secondary N) is 2. The Morgan fingerprint density at radius 1 is 1.28 bits per heavy atom. The van der Waals surface area contributed by atoms with Gasteiger partial charge in [0, 0.05) is 6.54 Å². The molecule has 0 saturated heterocycles. The Morgan fingerprint density at radius 2 is 1.94 bits per heavy atom. The van der Waals surface area contributed by atoms with Crippen molar-refractivity contribution in [2.45, 2.75) is 19.4 Å². The maximum atomic E-state index is 5.27. The lowest BCUT2D eigenvalue weighted by molar-refractivity contribution is 0.400. The maximum Gasteiger partial charge on any atom is 0.166 e. The Labute approximate surface area is 116 Å². The summed E-state index contributed by atoms with van der Waals surface area (Å²) in [5.41, 5.74) is 1.25. The minimum atomic E-state index is 0.236. The van der Waals surface area contributed by atoms with Gasteiger partial charge in [-0.1, -0.05) is 30.3 Å². The fourth-order valence-corrected chi connectivity index (χ4v) is 1.95. The number of benzene rings is 1. The van der Waals surface area contributed by atoms with Crippen molar-refractivity contribution in [3.05, 3.63) is 35.9 Å². The first-order valence-electron chi connectivity index (χ1n) is 6.33. The smallest absolute Gasteiger partial charge is 0.166 e. The molecule has 0 fully saturated rings. The van der Waals surface area contributed by atoms with E-state index >= 15 is 0 Å². The van der Waals surface area contributed by atoms with Gasteiger partial charge in [-0.2, -0.15) is 0 Å². The van der Waals surface area contributed by atoms with E-state index in [1.807, 2.05) is 18.2 Å². The van der Waals surface area contributed by atoms with E-state index in [-0.39, 0.29) is 6.04 Å². The summed E-state index contributed by atoms with van der Waals surface area (Å²) in [4.78, 5) is 2.17. The first-order chi connectivity index (χ1) is 8.59. The molecule has 100 valence electrons. The van der Waals surface area contributed by atoms with Gasteiger partial charge in [0.15, 0.2) is 5.11 Å². The molecule has 1 aromatic carbocycles. The average Bonchev–Trinajstić information content (AvgIpc) is 2.35. The third kappa shape index (κ3) is 5.98. The molecule has 0 radical (unpaired) electrons. The van der Waals surface area contributed by atoms with E-state index in [0.29, 0.717) is 0 Å². The van der Waals surface area contributed by atoms with Crippen LogP contribution in [0.25, 0.3) is 0 Å². The monoisotopic (exact) mass is 265 g/mol. The zero-order valence-electron chi connectivity index (χ0n) is 11.4. The Balaban J connectivity index is 2.24. The van der Waals surface area contributed by atoms with Crippen molar-refractivity contribution in [1.82, 2.24) is 15.5 Å². The quantitative estimate of drug-likeness (QED) is 0.609. The highest BCUT2D eigenvalue weighted by Gasteiger charge is 2.05. The van der Waals surface area contributed by atoms with Crippen molar-refractivity contribution in [2.75, 3.05) is 27.2 Å². The van der Waals surface area contributed by atoms with Gasteiger partial charge in [-0.25, -0.2) is 0 Å². The van der Waals surface area contributed by atoms with Crippen LogP contribution in [0.3, 0.4) is 0 Å². The van der Waals surface area contributed by atoms with Crippen LogP contribution < -0.4 is 10.6 Å². The highest BCUT2D eigenvalue weighted by atomic mass is 32.1. The molecule has 0 aliphatic carbocycles. The third-order valence-corrected chi connectivity index (χ3v) is 2.98. The number of thiocarbonyl (C=S) groups is 1. The predicted molar refractivity (Wildman–Crippen MR) is 81.8 cm³/mol. The van der Waals surface area contributed by atoms with Crippen LogP contribution in [0.4, 0.5) is 0 Å². The van der Waals surface area contributed by atoms with Crippen LogP contribution in [0, 0.1) is 0 Å². The van der Waals surface area contributed by atoms with Crippen molar-refractivity contribution >= 4 is 17.3 Å². The van der Waals surface area contributed by atoms with Crippen molar-refractivity contribution in [1.29, 1.82) is 0 Å². The molecule has 0 aromatic heterocycles. The van der Waals surface area contributed by atoms with Crippen LogP contribution in [0.15, 0.2) is 30.3 Å². The third-order valence-electron chi connectivity index (χ3n) is 2.71. The maximum absolute atomic E-state index is 5.27. The topological polar surface area (TPSA) is 27.3 Å². The second kappa shape index (κ2) is 8.06. The molecular formula is C14H23N3S. The van der Waals surface area contributed by atoms with Gasteiger partial charge in [0.1, 0.15) is 0 Å². The first-order valence-corrected chi connectivity index (χ1v) is 6.74. The zero-order valence-corrected chi connectivity index (χ0v) is 12.3. The van der Waals surface area contributed by atoms with E-state index in [1.54, 1.807) is 0 Å². The molecule has 18 heavy (non-hydrogen) atoms. The van der Waals surface area contributed by atoms with Crippen molar-refractivity contribution in [3.8, 4) is 0 Å². The Kier molecular flexibility index (Phi) is 6.68. The summed E-state index contributed by atoms with van der Waals surface area (Å²) in [6, 6.07) is 10.6. The van der Waals surface area contributed by atoms with Gasteiger partial charge in [-0.05, 0) is 51.8 Å². The minimum absolute atomic E-state index is 0.236. The van der Waals surface area contributed by atoms with Crippen LogP contribution in [0.2, 0.25) is 0 Å². The van der Waals surface area contributed by atoms with Gasteiger partial charge in [-0.15, -0.1) is 0 Å². The molecule has 4 heteroatoms. The molecular weight excluding hydrogens is 242 g/mol. The van der Waals surface area contributed by atoms with Crippen LogP contribution in [0.1, 0.15) is 24.9 Å². The Bertz CT molecular complexity index is 351. The van der Waals surface area contributed by atoms with E-state index in [0.717, 1.165) is 24.6 Å². The molecule has 0 aliphatic rings. The summed E-state index contributed by atoms with van der Waals surface area (Å²) >= 11 is 5.27. The van der Waals surface area contributed by atoms with Gasteiger partial charge in [-0.3, -0.25) is 0 Å². The van der Waals surface area contributed by atoms with Gasteiger partial charge < -0.3 is 15.5 Å². The zero-order chi connectivity index (χ0) is 13.4. The van der Waals surface area contributed by atoms with Crippen molar-refractivity contribution < 1.29 is 0 Å². The number of hydrogen-bond donors (Lipinski definition) is 2. The summed E-state index contributed by atoms with van der Waals surface area (Å²) in [5, 5.41) is 7.25. The number of hydrogen-bond acceptors (Lipinski definition) is 2. The van der Waals surface area contributed by atoms with Gasteiger partial charge in [0.2, 0.25) is 0 Å². The summed E-state index contributed by atoms with van der Waals surface area (Å²) in [6.45, 7) is 4.10. The standard InChI is InChI=1S/C14H23N3S/c1-12(13-8-5-4-6-9-13)16-14(18)15-10-7-11-17(2)3/h4-6,8-9,12H,7,10-11H2,1-3H3,(H2,15,16,18). The molecule has 3 nitrogen and oxygen atoms in total. The summed E-state index contributed by atoms with van der Waals surface area (Å²) in [7, 11) is 4.15. The number of rotatable bonds is 6. The largest absolute Gasteiger partial charge is 0.363 e. The molecule has 1 unspecified atom stereocenters. The second-order valence-electron chi connectivity index (χ2n) is 4.69. The molecule has 2 N–H and O–H groups in total. The highest BCUT2D eigenvalue weighted by Crippen LogP contribution is 2.10. The lowest BCUT2D eigenvalue weighted by atomic mass is 10.1. The second-order valence-corrected chi connectivity index (χ2v) is 5.10. The fraction of sp³-hybridized carbons (Fsp3) is 0.500. The van der Waals surface area contributed by atoms with Crippen LogP contribution in [0.5, 0.6) is 0 Å². The molecule has 1 aromatic rings. The lowest BCUT2D eigenvalue weighted by Gasteiger charge is -2.17. The Morgan fingerprint density at radius 3 is 2.56 bits per heavy atom. The fourth-order valence-electron chi connectivity index (χ4n) is 1.67. The molecule has 0 aliphatic heterocycles. The lowest BCUT2D eigenvalue weighted by Crippen LogP contribution is -2.37. The predicted octanol–water partition coefficient (Wildman–Crippen LogP) is 2.16. The van der Waals surface area contributed by atoms with Gasteiger partial charge in [0.25, 0.3) is 0 Å². The molecule has 0 spiro atoms. The van der Waals surface area contributed by atoms with E-state index in [9.17, 15) is 0 Å². The molecule has 1 atom stereocenters. The molecule has 0 amide bonds. The number of nitrogens with zero attached hydrogens (tertiary/aromatic N) is 1. The average molecular weight is 265 g/mol. The summed E-state index contributed by atoms with van der Waals surface area (Å²) < 4.78 is 0.